The van der Waals surface area contributed by atoms with E-state index in [9.17, 15) is 14.0 Å². The largest absolute Gasteiger partial charge is 0.374 e. The summed E-state index contributed by atoms with van der Waals surface area (Å²) in [4.78, 5) is 0. The van der Waals surface area contributed by atoms with Gasteiger partial charge in [-0.3, -0.25) is 0 Å². The van der Waals surface area contributed by atoms with Crippen LogP contribution in [0.1, 0.15) is 57.2 Å². The lowest BCUT2D eigenvalue weighted by Crippen LogP contribution is -2.22. The van der Waals surface area contributed by atoms with Crippen LogP contribution in [0.25, 0.3) is 11.1 Å². The lowest BCUT2D eigenvalue weighted by molar-refractivity contribution is 0.151. The molecule has 0 bridgehead atoms. The first kappa shape index (κ1) is 17.9. The summed E-state index contributed by atoms with van der Waals surface area (Å²) in [5, 5.41) is 12.4. The molecule has 0 radical (unpaired) electrons. The first-order chi connectivity index (χ1) is 10.3. The molecule has 2 nitrogen and oxygen atoms in total. The summed E-state index contributed by atoms with van der Waals surface area (Å²) in [6.45, 7) is 11.4. The summed E-state index contributed by atoms with van der Waals surface area (Å²) < 4.78 is 26.2. The molecule has 0 saturated carbocycles. The van der Waals surface area contributed by atoms with Crippen molar-refractivity contribution >= 4 is 11.1 Å². The smallest absolute Gasteiger partial charge is 0.263 e. The summed E-state index contributed by atoms with van der Waals surface area (Å²) in [6.07, 6.45) is -1.98. The molecule has 0 unspecified atom stereocenters. The van der Waals surface area contributed by atoms with E-state index in [0.29, 0.717) is 23.2 Å². The van der Waals surface area contributed by atoms with Crippen molar-refractivity contribution in [2.75, 3.05) is 0 Å². The van der Waals surface area contributed by atoms with Crippen molar-refractivity contribution in [2.45, 2.75) is 46.6 Å². The number of nitriles is 1. The fraction of sp³-hybridized carbons (Fsp3) is 0.389. The van der Waals surface area contributed by atoms with Crippen molar-refractivity contribution in [1.82, 2.24) is 5.32 Å². The van der Waals surface area contributed by atoms with E-state index in [2.05, 4.69) is 18.0 Å². The summed E-state index contributed by atoms with van der Waals surface area (Å²) in [7, 11) is 0. The zero-order valence-electron chi connectivity index (χ0n) is 13.5. The summed E-state index contributed by atoms with van der Waals surface area (Å²) in [6, 6.07) is 6.95. The number of nitrogens with one attached hydrogen (secondary N) is 1. The van der Waals surface area contributed by atoms with Crippen molar-refractivity contribution in [3.8, 4) is 6.07 Å². The number of alkyl halides is 2. The molecule has 0 heterocycles. The molecule has 1 aromatic rings. The summed E-state index contributed by atoms with van der Waals surface area (Å²) >= 11 is 0. The topological polar surface area (TPSA) is 35.8 Å². The number of allylic oxidation sites excluding steroid dienone is 3. The molecule has 0 aliphatic carbocycles. The summed E-state index contributed by atoms with van der Waals surface area (Å²) in [5.41, 5.74) is 3.14. The average molecular weight is 304 g/mol. The second kappa shape index (κ2) is 7.74. The lowest BCUT2D eigenvalue weighted by Gasteiger charge is -2.16. The zero-order valence-corrected chi connectivity index (χ0v) is 13.5. The van der Waals surface area contributed by atoms with Crippen molar-refractivity contribution in [2.24, 2.45) is 0 Å². The van der Waals surface area contributed by atoms with Gasteiger partial charge in [0.25, 0.3) is 6.43 Å². The van der Waals surface area contributed by atoms with Gasteiger partial charge in [0, 0.05) is 11.6 Å². The van der Waals surface area contributed by atoms with Gasteiger partial charge < -0.3 is 5.32 Å². The molecule has 22 heavy (non-hydrogen) atoms. The zero-order chi connectivity index (χ0) is 16.9. The molecule has 4 heteroatoms. The predicted octanol–water partition coefficient (Wildman–Crippen LogP) is 5.30. The lowest BCUT2D eigenvalue weighted by atomic mass is 9.94. The Hall–Kier alpha value is -2.15. The molecule has 1 N–H and O–H groups in total. The Morgan fingerprint density at radius 1 is 1.27 bits per heavy atom. The molecule has 0 amide bonds. The maximum Gasteiger partial charge on any atom is 0.263 e. The Morgan fingerprint density at radius 3 is 2.27 bits per heavy atom. The van der Waals surface area contributed by atoms with Crippen LogP contribution in [0.5, 0.6) is 0 Å². The molecule has 1 aromatic carbocycles. The molecule has 118 valence electrons. The van der Waals surface area contributed by atoms with Gasteiger partial charge in [0.15, 0.2) is 0 Å². The Morgan fingerprint density at radius 2 is 1.86 bits per heavy atom. The minimum Gasteiger partial charge on any atom is -0.374 e. The van der Waals surface area contributed by atoms with Crippen LogP contribution in [0.3, 0.4) is 0 Å². The van der Waals surface area contributed by atoms with E-state index in [1.54, 1.807) is 6.92 Å². The fourth-order valence-electron chi connectivity index (χ4n) is 2.20. The SMILES string of the molecule is C=C(C)c1cc(/C(CC)=C(\C#N)NC(C)C)cc(C(F)F)c1. The molecule has 0 atom stereocenters. The van der Waals surface area contributed by atoms with Crippen LogP contribution < -0.4 is 5.32 Å². The van der Waals surface area contributed by atoms with Crippen molar-refractivity contribution in [3.63, 3.8) is 0 Å². The van der Waals surface area contributed by atoms with Gasteiger partial charge >= 0.3 is 0 Å². The van der Waals surface area contributed by atoms with Crippen LogP contribution in [-0.4, -0.2) is 6.04 Å². The van der Waals surface area contributed by atoms with Gasteiger partial charge in [0.2, 0.25) is 0 Å². The van der Waals surface area contributed by atoms with Crippen LogP contribution in [0, 0.1) is 11.3 Å². The third kappa shape index (κ3) is 4.42. The van der Waals surface area contributed by atoms with Gasteiger partial charge in [-0.05, 0) is 62.1 Å². The van der Waals surface area contributed by atoms with E-state index in [0.717, 1.165) is 11.1 Å². The molecule has 0 aromatic heterocycles. The number of hydrogen-bond donors (Lipinski definition) is 1. The van der Waals surface area contributed by atoms with Crippen LogP contribution in [0.4, 0.5) is 8.78 Å². The molecular weight excluding hydrogens is 282 g/mol. The van der Waals surface area contributed by atoms with E-state index >= 15 is 0 Å². The minimum atomic E-state index is -2.56. The minimum absolute atomic E-state index is 0.0525. The van der Waals surface area contributed by atoms with Gasteiger partial charge in [-0.2, -0.15) is 5.26 Å². The number of benzene rings is 1. The van der Waals surface area contributed by atoms with E-state index in [4.69, 9.17) is 0 Å². The normalized spacial score (nSPS) is 12.1. The quantitative estimate of drug-likeness (QED) is 0.724. The fourth-order valence-corrected chi connectivity index (χ4v) is 2.20. The van der Waals surface area contributed by atoms with Crippen LogP contribution in [0.2, 0.25) is 0 Å². The van der Waals surface area contributed by atoms with Crippen LogP contribution >= 0.6 is 0 Å². The van der Waals surface area contributed by atoms with Gasteiger partial charge in [-0.25, -0.2) is 8.78 Å². The Bertz CT molecular complexity index is 622. The number of rotatable bonds is 6. The molecule has 0 spiro atoms. The number of halogens is 2. The first-order valence-corrected chi connectivity index (χ1v) is 7.29. The predicted molar refractivity (Wildman–Crippen MR) is 87.2 cm³/mol. The number of hydrogen-bond acceptors (Lipinski definition) is 2. The summed E-state index contributed by atoms with van der Waals surface area (Å²) in [5.74, 6) is 0. The highest BCUT2D eigenvalue weighted by Gasteiger charge is 2.15. The van der Waals surface area contributed by atoms with Gasteiger partial charge in [-0.15, -0.1) is 0 Å². The maximum absolute atomic E-state index is 13.1. The highest BCUT2D eigenvalue weighted by molar-refractivity contribution is 5.75. The van der Waals surface area contributed by atoms with E-state index < -0.39 is 6.43 Å². The second-order valence-corrected chi connectivity index (χ2v) is 5.54. The van der Waals surface area contributed by atoms with Crippen LogP contribution in [0.15, 0.2) is 30.5 Å². The average Bonchev–Trinajstić information content (AvgIpc) is 2.46. The Kier molecular flexibility index (Phi) is 6.30. The number of nitrogens with zero attached hydrogens (tertiary/aromatic N) is 1. The van der Waals surface area contributed by atoms with E-state index in [1.165, 1.54) is 12.1 Å². The third-order valence-corrected chi connectivity index (χ3v) is 3.25. The van der Waals surface area contributed by atoms with Crippen LogP contribution in [-0.2, 0) is 0 Å². The molecule has 0 aliphatic rings. The van der Waals surface area contributed by atoms with Crippen molar-refractivity contribution < 1.29 is 8.78 Å². The van der Waals surface area contributed by atoms with E-state index in [1.807, 2.05) is 26.8 Å². The monoisotopic (exact) mass is 304 g/mol. The third-order valence-electron chi connectivity index (χ3n) is 3.25. The molecule has 1 rings (SSSR count). The van der Waals surface area contributed by atoms with Gasteiger partial charge in [-0.1, -0.05) is 19.1 Å². The Balaban J connectivity index is 3.53. The van der Waals surface area contributed by atoms with Gasteiger partial charge in [0.1, 0.15) is 11.8 Å². The van der Waals surface area contributed by atoms with E-state index in [-0.39, 0.29) is 11.6 Å². The molecule has 0 fully saturated rings. The highest BCUT2D eigenvalue weighted by Crippen LogP contribution is 2.30. The highest BCUT2D eigenvalue weighted by atomic mass is 19.3. The first-order valence-electron chi connectivity index (χ1n) is 7.29. The molecular formula is C18H22F2N2. The molecule has 0 saturated heterocycles. The van der Waals surface area contributed by atoms with Gasteiger partial charge in [0.05, 0.1) is 0 Å². The molecule has 0 aliphatic heterocycles. The Labute approximate surface area is 131 Å². The standard InChI is InChI=1S/C18H22F2N2/c1-6-16(17(10-21)22-12(4)5)14-7-13(11(2)3)8-15(9-14)18(19)20/h7-9,12,18,22H,2,6H2,1,3-5H3/b17-16+. The maximum atomic E-state index is 13.1. The second-order valence-electron chi connectivity index (χ2n) is 5.54. The van der Waals surface area contributed by atoms with Crippen molar-refractivity contribution in [1.29, 1.82) is 5.26 Å². The van der Waals surface area contributed by atoms with Crippen molar-refractivity contribution in [3.05, 3.63) is 47.2 Å².